The van der Waals surface area contributed by atoms with Gasteiger partial charge in [-0.2, -0.15) is 0 Å². The Bertz CT molecular complexity index is 1270. The number of carbonyl (C=O) groups excluding carboxylic acids is 3. The number of anilines is 1. The van der Waals surface area contributed by atoms with Crippen LogP contribution in [0.1, 0.15) is 56.8 Å². The van der Waals surface area contributed by atoms with Crippen LogP contribution in [0.5, 0.6) is 0 Å². The van der Waals surface area contributed by atoms with E-state index in [1.807, 2.05) is 86.6 Å². The van der Waals surface area contributed by atoms with Crippen molar-refractivity contribution < 1.29 is 19.1 Å². The lowest BCUT2D eigenvalue weighted by Gasteiger charge is -2.34. The number of hydrogen-bond donors (Lipinski definition) is 2. The number of nitrogens with zero attached hydrogens (tertiary/aromatic N) is 1. The van der Waals surface area contributed by atoms with Gasteiger partial charge in [-0.05, 0) is 56.9 Å². The van der Waals surface area contributed by atoms with Crippen LogP contribution in [0.4, 0.5) is 10.5 Å². The Labute approximate surface area is 241 Å². The summed E-state index contributed by atoms with van der Waals surface area (Å²) in [6.07, 6.45) is 0.120. The van der Waals surface area contributed by atoms with Crippen LogP contribution in [0, 0.1) is 6.92 Å². The fraction of sp³-hybridized carbons (Fsp3) is 0.344. The highest BCUT2D eigenvalue weighted by Gasteiger charge is 2.36. The molecule has 3 rings (SSSR count). The molecule has 7 nitrogen and oxygen atoms in total. The summed E-state index contributed by atoms with van der Waals surface area (Å²) in [5, 5.41) is 6.13. The molecule has 0 aromatic heterocycles. The maximum atomic E-state index is 14.3. The Kier molecular flexibility index (Phi) is 10.7. The van der Waals surface area contributed by atoms with Crippen molar-refractivity contribution in [3.05, 3.63) is 101 Å². The monoisotopic (exact) mass is 563 g/mol. The number of nitrogens with one attached hydrogen (secondary N) is 2. The maximum absolute atomic E-state index is 14.3. The van der Waals surface area contributed by atoms with E-state index in [4.69, 9.17) is 16.3 Å². The van der Waals surface area contributed by atoms with Crippen molar-refractivity contribution >= 4 is 35.2 Å². The first kappa shape index (κ1) is 30.7. The molecule has 0 fully saturated rings. The molecule has 0 aliphatic carbocycles. The van der Waals surface area contributed by atoms with E-state index in [0.717, 1.165) is 11.1 Å². The molecular formula is C32H38ClN3O4. The Morgan fingerprint density at radius 3 is 2.12 bits per heavy atom. The van der Waals surface area contributed by atoms with Gasteiger partial charge >= 0.3 is 6.09 Å². The highest BCUT2D eigenvalue weighted by atomic mass is 35.5. The molecular weight excluding hydrogens is 526 g/mol. The summed E-state index contributed by atoms with van der Waals surface area (Å²) < 4.78 is 5.48. The van der Waals surface area contributed by atoms with Crippen LogP contribution in [0.15, 0.2) is 78.9 Å². The van der Waals surface area contributed by atoms with Crippen LogP contribution in [0.3, 0.4) is 0 Å². The molecule has 0 saturated carbocycles. The van der Waals surface area contributed by atoms with E-state index in [-0.39, 0.29) is 13.0 Å². The molecule has 0 bridgehead atoms. The van der Waals surface area contributed by atoms with Crippen LogP contribution >= 0.6 is 11.6 Å². The minimum Gasteiger partial charge on any atom is -0.444 e. The topological polar surface area (TPSA) is 87.7 Å². The van der Waals surface area contributed by atoms with E-state index >= 15 is 0 Å². The Morgan fingerprint density at radius 2 is 1.55 bits per heavy atom. The Morgan fingerprint density at radius 1 is 0.925 bits per heavy atom. The summed E-state index contributed by atoms with van der Waals surface area (Å²) in [6, 6.07) is 22.0. The molecule has 2 atom stereocenters. The van der Waals surface area contributed by atoms with Gasteiger partial charge in [0.1, 0.15) is 17.7 Å². The summed E-state index contributed by atoms with van der Waals surface area (Å²) in [6.45, 7) is 9.36. The molecule has 2 N–H and O–H groups in total. The summed E-state index contributed by atoms with van der Waals surface area (Å²) >= 11 is 6.42. The first-order valence-electron chi connectivity index (χ1n) is 13.4. The molecule has 3 amide bonds. The number of carbonyl (C=O) groups is 3. The predicted octanol–water partition coefficient (Wildman–Crippen LogP) is 6.70. The van der Waals surface area contributed by atoms with Gasteiger partial charge in [-0.15, -0.1) is 0 Å². The minimum atomic E-state index is -0.969. The third-order valence-corrected chi connectivity index (χ3v) is 6.48. The molecule has 3 aromatic rings. The molecule has 0 saturated heterocycles. The van der Waals surface area contributed by atoms with Crippen LogP contribution in [-0.4, -0.2) is 41.0 Å². The van der Waals surface area contributed by atoms with Crippen LogP contribution in [0.25, 0.3) is 0 Å². The molecule has 0 aliphatic heterocycles. The average molecular weight is 564 g/mol. The first-order valence-corrected chi connectivity index (χ1v) is 13.8. The molecule has 0 spiro atoms. The van der Waals surface area contributed by atoms with E-state index in [0.29, 0.717) is 22.7 Å². The number of halogens is 1. The third-order valence-electron chi connectivity index (χ3n) is 6.16. The quantitative estimate of drug-likeness (QED) is 0.287. The van der Waals surface area contributed by atoms with Gasteiger partial charge < -0.3 is 20.3 Å². The fourth-order valence-corrected chi connectivity index (χ4v) is 4.67. The standard InChI is InChI=1S/C32H38ClN3O4/c1-6-20-36(30(38)26(21-23-15-9-7-10-16-23)34-31(39)40-32(3,4)5)28(24-17-11-8-12-18-24)29(37)35-27-22(2)14-13-19-25(27)33/h7-19,26,28H,6,20-21H2,1-5H3,(H,34,39)(H,35,37). The number of rotatable bonds is 10. The highest BCUT2D eigenvalue weighted by molar-refractivity contribution is 6.34. The second-order valence-corrected chi connectivity index (χ2v) is 11.1. The first-order chi connectivity index (χ1) is 19.0. The van der Waals surface area contributed by atoms with Crippen molar-refractivity contribution in [1.29, 1.82) is 0 Å². The van der Waals surface area contributed by atoms with Gasteiger partial charge in [0, 0.05) is 13.0 Å². The summed E-state index contributed by atoms with van der Waals surface area (Å²) in [5.41, 5.74) is 2.05. The van der Waals surface area contributed by atoms with Gasteiger partial charge in [-0.25, -0.2) is 4.79 Å². The van der Waals surface area contributed by atoms with Crippen molar-refractivity contribution in [2.45, 2.75) is 65.1 Å². The SMILES string of the molecule is CCCN(C(=O)C(Cc1ccccc1)NC(=O)OC(C)(C)C)C(C(=O)Nc1c(C)cccc1Cl)c1ccccc1. The molecule has 2 unspecified atom stereocenters. The fourth-order valence-electron chi connectivity index (χ4n) is 4.40. The molecule has 8 heteroatoms. The van der Waals surface area contributed by atoms with Crippen molar-refractivity contribution in [2.24, 2.45) is 0 Å². The van der Waals surface area contributed by atoms with Gasteiger partial charge in [-0.3, -0.25) is 9.59 Å². The number of aryl methyl sites for hydroxylation is 1. The van der Waals surface area contributed by atoms with E-state index in [2.05, 4.69) is 10.6 Å². The number of hydrogen-bond acceptors (Lipinski definition) is 4. The molecule has 0 radical (unpaired) electrons. The second kappa shape index (κ2) is 14.0. The largest absolute Gasteiger partial charge is 0.444 e. The second-order valence-electron chi connectivity index (χ2n) is 10.7. The summed E-state index contributed by atoms with van der Waals surface area (Å²) in [7, 11) is 0. The lowest BCUT2D eigenvalue weighted by atomic mass is 10.00. The van der Waals surface area contributed by atoms with Crippen molar-refractivity contribution in [2.75, 3.05) is 11.9 Å². The van der Waals surface area contributed by atoms with E-state index in [1.54, 1.807) is 26.8 Å². The van der Waals surface area contributed by atoms with Gasteiger partial charge in [0.05, 0.1) is 10.7 Å². The van der Waals surface area contributed by atoms with Gasteiger partial charge in [0.2, 0.25) is 5.91 Å². The minimum absolute atomic E-state index is 0.228. The molecule has 0 aliphatic rings. The molecule has 0 heterocycles. The van der Waals surface area contributed by atoms with Gasteiger partial charge in [-0.1, -0.05) is 91.3 Å². The average Bonchev–Trinajstić information content (AvgIpc) is 2.90. The maximum Gasteiger partial charge on any atom is 0.408 e. The number of benzene rings is 3. The Balaban J connectivity index is 2.02. The lowest BCUT2D eigenvalue weighted by molar-refractivity contribution is -0.140. The Hall–Kier alpha value is -3.84. The number of ether oxygens (including phenoxy) is 1. The molecule has 3 aromatic carbocycles. The molecule has 212 valence electrons. The number of alkyl carbamates (subject to hydrolysis) is 1. The summed E-state index contributed by atoms with van der Waals surface area (Å²) in [4.78, 5) is 42.6. The van der Waals surface area contributed by atoms with Crippen molar-refractivity contribution in [1.82, 2.24) is 10.2 Å². The smallest absolute Gasteiger partial charge is 0.408 e. The zero-order valence-corrected chi connectivity index (χ0v) is 24.5. The molecule has 40 heavy (non-hydrogen) atoms. The predicted molar refractivity (Wildman–Crippen MR) is 159 cm³/mol. The zero-order chi connectivity index (χ0) is 29.3. The number of amides is 3. The van der Waals surface area contributed by atoms with Crippen LogP contribution < -0.4 is 10.6 Å². The van der Waals surface area contributed by atoms with Crippen LogP contribution in [-0.2, 0) is 20.7 Å². The lowest BCUT2D eigenvalue weighted by Crippen LogP contribution is -2.53. The third kappa shape index (κ3) is 8.58. The van der Waals surface area contributed by atoms with E-state index in [9.17, 15) is 14.4 Å². The van der Waals surface area contributed by atoms with Crippen molar-refractivity contribution in [3.8, 4) is 0 Å². The van der Waals surface area contributed by atoms with Gasteiger partial charge in [0.25, 0.3) is 5.91 Å². The summed E-state index contributed by atoms with van der Waals surface area (Å²) in [5.74, 6) is -0.795. The van der Waals surface area contributed by atoms with E-state index < -0.39 is 35.6 Å². The van der Waals surface area contributed by atoms with Crippen molar-refractivity contribution in [3.63, 3.8) is 0 Å². The number of para-hydroxylation sites is 1. The van der Waals surface area contributed by atoms with E-state index in [1.165, 1.54) is 4.90 Å². The highest BCUT2D eigenvalue weighted by Crippen LogP contribution is 2.29. The van der Waals surface area contributed by atoms with Gasteiger partial charge in [0.15, 0.2) is 0 Å². The zero-order valence-electron chi connectivity index (χ0n) is 23.7. The normalized spacial score (nSPS) is 12.7. The van der Waals surface area contributed by atoms with Crippen LogP contribution in [0.2, 0.25) is 5.02 Å².